The number of sulfonamides is 1. The topological polar surface area (TPSA) is 75.7 Å². The molecule has 0 fully saturated rings. The molecule has 26 heavy (non-hydrogen) atoms. The molecule has 0 aromatic heterocycles. The Morgan fingerprint density at radius 1 is 1.04 bits per heavy atom. The fourth-order valence-corrected chi connectivity index (χ4v) is 3.46. The van der Waals surface area contributed by atoms with E-state index in [1.165, 1.54) is 11.4 Å². The summed E-state index contributed by atoms with van der Waals surface area (Å²) in [6, 6.07) is 14.8. The second-order valence-electron chi connectivity index (χ2n) is 6.87. The van der Waals surface area contributed by atoms with Crippen LogP contribution in [0.3, 0.4) is 0 Å². The molecule has 0 unspecified atom stereocenters. The Labute approximate surface area is 154 Å². The predicted octanol–water partition coefficient (Wildman–Crippen LogP) is 2.81. The van der Waals surface area contributed by atoms with Crippen molar-refractivity contribution in [1.29, 1.82) is 0 Å². The lowest BCUT2D eigenvalue weighted by atomic mass is 10.1. The minimum absolute atomic E-state index is 0.102. The molecule has 1 N–H and O–H groups in total. The quantitative estimate of drug-likeness (QED) is 0.841. The average Bonchev–Trinajstić information content (AvgIpc) is 2.59. The van der Waals surface area contributed by atoms with Crippen molar-refractivity contribution >= 4 is 21.6 Å². The summed E-state index contributed by atoms with van der Waals surface area (Å²) in [5.74, 6) is 0.272. The van der Waals surface area contributed by atoms with Crippen molar-refractivity contribution < 1.29 is 17.9 Å². The zero-order valence-electron chi connectivity index (χ0n) is 15.4. The van der Waals surface area contributed by atoms with Gasteiger partial charge in [-0.05, 0) is 57.2 Å². The highest BCUT2D eigenvalue weighted by Crippen LogP contribution is 2.24. The average molecular weight is 376 g/mol. The first-order valence-corrected chi connectivity index (χ1v) is 9.61. The second-order valence-corrected chi connectivity index (χ2v) is 8.84. The Morgan fingerprint density at radius 3 is 2.15 bits per heavy atom. The number of carbonyl (C=O) groups is 1. The molecule has 7 heteroatoms. The van der Waals surface area contributed by atoms with Gasteiger partial charge in [-0.3, -0.25) is 9.10 Å². The molecule has 1 amide bonds. The lowest BCUT2D eigenvalue weighted by Crippen LogP contribution is -2.43. The fourth-order valence-electron chi connectivity index (χ4n) is 2.24. The van der Waals surface area contributed by atoms with E-state index in [1.54, 1.807) is 54.6 Å². The van der Waals surface area contributed by atoms with Crippen LogP contribution in [0.1, 0.15) is 20.8 Å². The molecule has 2 aromatic rings. The molecule has 0 atom stereocenters. The third-order valence-corrected chi connectivity index (χ3v) is 5.29. The number of amides is 1. The van der Waals surface area contributed by atoms with Crippen LogP contribution in [0.15, 0.2) is 59.5 Å². The lowest BCUT2D eigenvalue weighted by molar-refractivity contribution is -0.124. The number of benzene rings is 2. The third kappa shape index (κ3) is 5.23. The van der Waals surface area contributed by atoms with Crippen LogP contribution in [0.2, 0.25) is 0 Å². The smallest absolute Gasteiger partial charge is 0.264 e. The molecule has 0 spiro atoms. The van der Waals surface area contributed by atoms with Gasteiger partial charge in [-0.15, -0.1) is 0 Å². The Hall–Kier alpha value is -2.54. The van der Waals surface area contributed by atoms with E-state index in [4.69, 9.17) is 4.74 Å². The highest BCUT2D eigenvalue weighted by atomic mass is 32.2. The van der Waals surface area contributed by atoms with Gasteiger partial charge in [0.15, 0.2) is 6.61 Å². The van der Waals surface area contributed by atoms with Crippen molar-refractivity contribution in [3.05, 3.63) is 54.6 Å². The Morgan fingerprint density at radius 2 is 1.62 bits per heavy atom. The van der Waals surface area contributed by atoms with Gasteiger partial charge in [0.05, 0.1) is 10.6 Å². The van der Waals surface area contributed by atoms with Gasteiger partial charge in [0.1, 0.15) is 5.75 Å². The van der Waals surface area contributed by atoms with Gasteiger partial charge < -0.3 is 10.1 Å². The lowest BCUT2D eigenvalue weighted by Gasteiger charge is -2.21. The molecule has 2 aromatic carbocycles. The highest BCUT2D eigenvalue weighted by molar-refractivity contribution is 7.92. The number of carbonyl (C=O) groups excluding carboxylic acids is 1. The van der Waals surface area contributed by atoms with Gasteiger partial charge >= 0.3 is 0 Å². The van der Waals surface area contributed by atoms with Gasteiger partial charge in [-0.2, -0.15) is 0 Å². The zero-order valence-corrected chi connectivity index (χ0v) is 16.2. The summed E-state index contributed by atoms with van der Waals surface area (Å²) in [5.41, 5.74) is 0.180. The number of hydrogen-bond donors (Lipinski definition) is 1. The van der Waals surface area contributed by atoms with Crippen molar-refractivity contribution in [3.8, 4) is 5.75 Å². The molecule has 0 aliphatic heterocycles. The molecular weight excluding hydrogens is 352 g/mol. The third-order valence-electron chi connectivity index (χ3n) is 3.49. The van der Waals surface area contributed by atoms with Crippen LogP contribution in [0.5, 0.6) is 5.75 Å². The fraction of sp³-hybridized carbons (Fsp3) is 0.316. The number of ether oxygens (including phenoxy) is 1. The summed E-state index contributed by atoms with van der Waals surface area (Å²) < 4.78 is 31.9. The number of nitrogens with one attached hydrogen (secondary N) is 1. The van der Waals surface area contributed by atoms with Crippen molar-refractivity contribution in [2.45, 2.75) is 31.2 Å². The first-order chi connectivity index (χ1) is 12.1. The van der Waals surface area contributed by atoms with Gasteiger partial charge in [-0.25, -0.2) is 8.42 Å². The standard InChI is InChI=1S/C19H24N2O4S/c1-19(2,3)20-18(22)14-25-16-12-10-15(11-13-16)21(4)26(23,24)17-8-6-5-7-9-17/h5-13H,14H2,1-4H3,(H,20,22). The van der Waals surface area contributed by atoms with Crippen LogP contribution in [0.4, 0.5) is 5.69 Å². The first kappa shape index (κ1) is 19.8. The van der Waals surface area contributed by atoms with Crippen LogP contribution in [-0.2, 0) is 14.8 Å². The van der Waals surface area contributed by atoms with E-state index in [0.717, 1.165) is 0 Å². The van der Waals surface area contributed by atoms with Gasteiger partial charge in [0, 0.05) is 12.6 Å². The number of hydrogen-bond acceptors (Lipinski definition) is 4. The number of rotatable bonds is 6. The highest BCUT2D eigenvalue weighted by Gasteiger charge is 2.21. The molecule has 0 radical (unpaired) electrons. The van der Waals surface area contributed by atoms with Crippen molar-refractivity contribution in [3.63, 3.8) is 0 Å². The van der Waals surface area contributed by atoms with Crippen LogP contribution in [-0.4, -0.2) is 33.5 Å². The maximum absolute atomic E-state index is 12.6. The summed E-state index contributed by atoms with van der Waals surface area (Å²) in [4.78, 5) is 12.0. The summed E-state index contributed by atoms with van der Waals surface area (Å²) in [6.45, 7) is 5.57. The van der Waals surface area contributed by atoms with E-state index in [2.05, 4.69) is 5.32 Å². The minimum Gasteiger partial charge on any atom is -0.484 e. The molecule has 0 aliphatic carbocycles. The minimum atomic E-state index is -3.62. The van der Waals surface area contributed by atoms with Crippen LogP contribution < -0.4 is 14.4 Å². The summed E-state index contributed by atoms with van der Waals surface area (Å²) in [5, 5.41) is 2.81. The van der Waals surface area contributed by atoms with Crippen LogP contribution >= 0.6 is 0 Å². The van der Waals surface area contributed by atoms with E-state index >= 15 is 0 Å². The van der Waals surface area contributed by atoms with Crippen LogP contribution in [0.25, 0.3) is 0 Å². The molecule has 6 nitrogen and oxygen atoms in total. The molecule has 0 saturated carbocycles. The number of anilines is 1. The maximum Gasteiger partial charge on any atom is 0.264 e. The Balaban J connectivity index is 2.04. The molecule has 0 heterocycles. The van der Waals surface area contributed by atoms with E-state index in [9.17, 15) is 13.2 Å². The van der Waals surface area contributed by atoms with Crippen molar-refractivity contribution in [2.24, 2.45) is 0 Å². The van der Waals surface area contributed by atoms with E-state index in [-0.39, 0.29) is 22.9 Å². The molecule has 0 bridgehead atoms. The predicted molar refractivity (Wildman–Crippen MR) is 102 cm³/mol. The zero-order chi connectivity index (χ0) is 19.4. The normalized spacial score (nSPS) is 11.7. The van der Waals surface area contributed by atoms with Crippen molar-refractivity contribution in [1.82, 2.24) is 5.32 Å². The number of nitrogens with zero attached hydrogens (tertiary/aromatic N) is 1. The van der Waals surface area contributed by atoms with E-state index < -0.39 is 10.0 Å². The summed E-state index contributed by atoms with van der Waals surface area (Å²) >= 11 is 0. The SMILES string of the molecule is CN(c1ccc(OCC(=O)NC(C)(C)C)cc1)S(=O)(=O)c1ccccc1. The van der Waals surface area contributed by atoms with Gasteiger partial charge in [0.25, 0.3) is 15.9 Å². The van der Waals surface area contributed by atoms with Crippen molar-refractivity contribution in [2.75, 3.05) is 18.0 Å². The Bertz CT molecular complexity index is 841. The monoisotopic (exact) mass is 376 g/mol. The largest absolute Gasteiger partial charge is 0.484 e. The molecular formula is C19H24N2O4S. The molecule has 140 valence electrons. The van der Waals surface area contributed by atoms with Gasteiger partial charge in [-0.1, -0.05) is 18.2 Å². The van der Waals surface area contributed by atoms with Crippen LogP contribution in [0, 0.1) is 0 Å². The second kappa shape index (κ2) is 7.78. The van der Waals surface area contributed by atoms with Gasteiger partial charge in [0.2, 0.25) is 0 Å². The maximum atomic E-state index is 12.6. The summed E-state index contributed by atoms with van der Waals surface area (Å²) in [6.07, 6.45) is 0. The summed E-state index contributed by atoms with van der Waals surface area (Å²) in [7, 11) is -2.13. The molecule has 0 saturated heterocycles. The Kier molecular flexibility index (Phi) is 5.92. The van der Waals surface area contributed by atoms with E-state index in [0.29, 0.717) is 11.4 Å². The molecule has 2 rings (SSSR count). The molecule has 0 aliphatic rings. The van der Waals surface area contributed by atoms with E-state index in [1.807, 2.05) is 20.8 Å². The first-order valence-electron chi connectivity index (χ1n) is 8.17.